The first-order valence-corrected chi connectivity index (χ1v) is 7.40. The van der Waals surface area contributed by atoms with Gasteiger partial charge in [0.15, 0.2) is 5.69 Å². The predicted octanol–water partition coefficient (Wildman–Crippen LogP) is 1.95. The van der Waals surface area contributed by atoms with Gasteiger partial charge in [0, 0.05) is 38.6 Å². The van der Waals surface area contributed by atoms with Gasteiger partial charge in [-0.2, -0.15) is 23.5 Å². The Balaban J connectivity index is 1.55. The fraction of sp³-hybridized carbons (Fsp3) is 0.400. The summed E-state index contributed by atoms with van der Waals surface area (Å²) < 4.78 is 39.0. The van der Waals surface area contributed by atoms with Crippen molar-refractivity contribution in [3.63, 3.8) is 0 Å². The standard InChI is InChI=1S/C15H15F3N6/c16-15(17,18)13-3-4-24(21-13)11-22-5-7-23(8-6-22)14-2-1-12(9-19)10-20-14/h1-4,10H,5-8,11H2. The Morgan fingerprint density at radius 2 is 1.88 bits per heavy atom. The van der Waals surface area contributed by atoms with Crippen LogP contribution in [0.2, 0.25) is 0 Å². The van der Waals surface area contributed by atoms with Gasteiger partial charge in [-0.05, 0) is 18.2 Å². The smallest absolute Gasteiger partial charge is 0.354 e. The zero-order valence-electron chi connectivity index (χ0n) is 12.7. The lowest BCUT2D eigenvalue weighted by atomic mass is 10.3. The highest BCUT2D eigenvalue weighted by Crippen LogP contribution is 2.27. The number of nitriles is 1. The molecule has 0 aliphatic carbocycles. The average Bonchev–Trinajstić information content (AvgIpc) is 3.05. The second-order valence-electron chi connectivity index (χ2n) is 5.50. The first kappa shape index (κ1) is 16.3. The number of rotatable bonds is 3. The highest BCUT2D eigenvalue weighted by Gasteiger charge is 2.33. The van der Waals surface area contributed by atoms with E-state index in [9.17, 15) is 13.2 Å². The molecule has 1 aliphatic rings. The summed E-state index contributed by atoms with van der Waals surface area (Å²) >= 11 is 0. The van der Waals surface area contributed by atoms with Crippen LogP contribution in [0.3, 0.4) is 0 Å². The SMILES string of the molecule is N#Cc1ccc(N2CCN(Cn3ccc(C(F)(F)F)n3)CC2)nc1. The van der Waals surface area contributed by atoms with E-state index in [4.69, 9.17) is 5.26 Å². The van der Waals surface area contributed by atoms with Crippen LogP contribution in [0.5, 0.6) is 0 Å². The first-order valence-electron chi connectivity index (χ1n) is 7.40. The number of pyridine rings is 1. The van der Waals surface area contributed by atoms with Crippen molar-refractivity contribution in [2.75, 3.05) is 31.1 Å². The molecule has 0 radical (unpaired) electrons. The molecule has 9 heteroatoms. The van der Waals surface area contributed by atoms with E-state index in [1.54, 1.807) is 12.1 Å². The Hall–Kier alpha value is -2.60. The number of halogens is 3. The number of hydrogen-bond acceptors (Lipinski definition) is 5. The third-order valence-corrected chi connectivity index (χ3v) is 3.85. The Kier molecular flexibility index (Phi) is 4.40. The minimum Gasteiger partial charge on any atom is -0.354 e. The van der Waals surface area contributed by atoms with E-state index < -0.39 is 11.9 Å². The number of anilines is 1. The fourth-order valence-corrected chi connectivity index (χ4v) is 2.55. The monoisotopic (exact) mass is 336 g/mol. The molecule has 1 saturated heterocycles. The van der Waals surface area contributed by atoms with Gasteiger partial charge >= 0.3 is 6.18 Å². The molecule has 0 N–H and O–H groups in total. The van der Waals surface area contributed by atoms with Crippen LogP contribution in [0.4, 0.5) is 19.0 Å². The highest BCUT2D eigenvalue weighted by atomic mass is 19.4. The number of aromatic nitrogens is 3. The van der Waals surface area contributed by atoms with E-state index in [1.807, 2.05) is 11.0 Å². The number of piperazine rings is 1. The van der Waals surface area contributed by atoms with Crippen LogP contribution in [0.15, 0.2) is 30.6 Å². The molecular weight excluding hydrogens is 321 g/mol. The second kappa shape index (κ2) is 6.49. The molecule has 0 bridgehead atoms. The second-order valence-corrected chi connectivity index (χ2v) is 5.50. The molecule has 2 aromatic heterocycles. The van der Waals surface area contributed by atoms with Gasteiger partial charge in [-0.1, -0.05) is 0 Å². The van der Waals surface area contributed by atoms with Gasteiger partial charge in [-0.25, -0.2) is 4.98 Å². The third kappa shape index (κ3) is 3.65. The van der Waals surface area contributed by atoms with Gasteiger partial charge in [-0.3, -0.25) is 9.58 Å². The Morgan fingerprint density at radius 3 is 2.42 bits per heavy atom. The largest absolute Gasteiger partial charge is 0.435 e. The van der Waals surface area contributed by atoms with Gasteiger partial charge in [-0.15, -0.1) is 0 Å². The van der Waals surface area contributed by atoms with Crippen LogP contribution in [0.1, 0.15) is 11.3 Å². The molecule has 1 aliphatic heterocycles. The first-order chi connectivity index (χ1) is 11.5. The van der Waals surface area contributed by atoms with Gasteiger partial charge in [0.25, 0.3) is 0 Å². The molecule has 1 fully saturated rings. The summed E-state index contributed by atoms with van der Waals surface area (Å²) in [6.07, 6.45) is -1.54. The summed E-state index contributed by atoms with van der Waals surface area (Å²) in [6, 6.07) is 6.53. The molecule has 0 unspecified atom stereocenters. The normalized spacial score (nSPS) is 16.2. The van der Waals surface area contributed by atoms with Gasteiger partial charge in [0.05, 0.1) is 12.2 Å². The number of hydrogen-bond donors (Lipinski definition) is 0. The van der Waals surface area contributed by atoms with E-state index in [1.165, 1.54) is 17.1 Å². The molecule has 0 aromatic carbocycles. The molecular formula is C15H15F3N6. The Morgan fingerprint density at radius 1 is 1.12 bits per heavy atom. The summed E-state index contributed by atoms with van der Waals surface area (Å²) in [5.74, 6) is 0.798. The van der Waals surface area contributed by atoms with Crippen LogP contribution < -0.4 is 4.90 Å². The van der Waals surface area contributed by atoms with E-state index in [2.05, 4.69) is 15.0 Å². The minimum absolute atomic E-state index is 0.324. The lowest BCUT2D eigenvalue weighted by molar-refractivity contribution is -0.141. The van der Waals surface area contributed by atoms with Crippen molar-refractivity contribution < 1.29 is 13.2 Å². The zero-order chi connectivity index (χ0) is 17.2. The summed E-state index contributed by atoms with van der Waals surface area (Å²) in [4.78, 5) is 8.38. The van der Waals surface area contributed by atoms with Crippen LogP contribution in [0.25, 0.3) is 0 Å². The quantitative estimate of drug-likeness (QED) is 0.857. The van der Waals surface area contributed by atoms with Gasteiger partial charge < -0.3 is 4.90 Å². The van der Waals surface area contributed by atoms with Crippen LogP contribution in [-0.4, -0.2) is 45.8 Å². The van der Waals surface area contributed by atoms with E-state index >= 15 is 0 Å². The van der Waals surface area contributed by atoms with Crippen molar-refractivity contribution in [1.29, 1.82) is 5.26 Å². The predicted molar refractivity (Wildman–Crippen MR) is 80.0 cm³/mol. The summed E-state index contributed by atoms with van der Waals surface area (Å²) in [5.41, 5.74) is -0.362. The minimum atomic E-state index is -4.41. The molecule has 0 amide bonds. The van der Waals surface area contributed by atoms with E-state index in [-0.39, 0.29) is 0 Å². The third-order valence-electron chi connectivity index (χ3n) is 3.85. The topological polar surface area (TPSA) is 61.0 Å². The molecule has 24 heavy (non-hydrogen) atoms. The van der Waals surface area contributed by atoms with Crippen molar-refractivity contribution in [3.8, 4) is 6.07 Å². The summed E-state index contributed by atoms with van der Waals surface area (Å²) in [6.45, 7) is 3.15. The maximum Gasteiger partial charge on any atom is 0.435 e. The van der Waals surface area contributed by atoms with E-state index in [0.717, 1.165) is 11.9 Å². The molecule has 3 rings (SSSR count). The molecule has 0 spiro atoms. The van der Waals surface area contributed by atoms with Crippen LogP contribution >= 0.6 is 0 Å². The maximum atomic E-state index is 12.5. The Labute approximate surface area is 136 Å². The fourth-order valence-electron chi connectivity index (χ4n) is 2.55. The zero-order valence-corrected chi connectivity index (χ0v) is 12.7. The molecule has 3 heterocycles. The lowest BCUT2D eigenvalue weighted by Crippen LogP contribution is -2.47. The highest BCUT2D eigenvalue weighted by molar-refractivity contribution is 5.42. The molecule has 6 nitrogen and oxygen atoms in total. The van der Waals surface area contributed by atoms with Crippen LogP contribution in [-0.2, 0) is 12.8 Å². The number of alkyl halides is 3. The van der Waals surface area contributed by atoms with Gasteiger partial charge in [0.2, 0.25) is 0 Å². The van der Waals surface area contributed by atoms with Crippen molar-refractivity contribution in [3.05, 3.63) is 41.9 Å². The summed E-state index contributed by atoms with van der Waals surface area (Å²) in [7, 11) is 0. The molecule has 126 valence electrons. The maximum absolute atomic E-state index is 12.5. The van der Waals surface area contributed by atoms with Crippen LogP contribution in [0, 0.1) is 11.3 Å². The van der Waals surface area contributed by atoms with Crippen molar-refractivity contribution in [1.82, 2.24) is 19.7 Å². The average molecular weight is 336 g/mol. The Bertz CT molecular complexity index is 723. The molecule has 0 atom stereocenters. The van der Waals surface area contributed by atoms with Crippen molar-refractivity contribution >= 4 is 5.82 Å². The van der Waals surface area contributed by atoms with Crippen molar-refractivity contribution in [2.45, 2.75) is 12.8 Å². The lowest BCUT2D eigenvalue weighted by Gasteiger charge is -2.35. The van der Waals surface area contributed by atoms with E-state index in [0.29, 0.717) is 38.4 Å². The molecule has 0 saturated carbocycles. The summed E-state index contributed by atoms with van der Waals surface area (Å²) in [5, 5.41) is 12.3. The number of nitrogens with zero attached hydrogens (tertiary/aromatic N) is 6. The van der Waals surface area contributed by atoms with Crippen molar-refractivity contribution in [2.24, 2.45) is 0 Å². The molecule has 2 aromatic rings. The van der Waals surface area contributed by atoms with Gasteiger partial charge in [0.1, 0.15) is 11.9 Å².